The van der Waals surface area contributed by atoms with E-state index in [4.69, 9.17) is 0 Å². The zero-order valence-corrected chi connectivity index (χ0v) is 13.2. The lowest BCUT2D eigenvalue weighted by atomic mass is 9.77. The number of nitrogens with one attached hydrogen (secondary N) is 1. The summed E-state index contributed by atoms with van der Waals surface area (Å²) in [6.07, 6.45) is 6.89. The van der Waals surface area contributed by atoms with Crippen LogP contribution in [0.5, 0.6) is 0 Å². The molecule has 1 N–H and O–H groups in total. The Labute approximate surface area is 131 Å². The summed E-state index contributed by atoms with van der Waals surface area (Å²) in [5, 5.41) is 6.14. The molecule has 2 unspecified atom stereocenters. The van der Waals surface area contributed by atoms with Gasteiger partial charge in [-0.2, -0.15) is 0 Å². The topological polar surface area (TPSA) is 12.0 Å². The highest BCUT2D eigenvalue weighted by Gasteiger charge is 2.30. The molecule has 0 radical (unpaired) electrons. The van der Waals surface area contributed by atoms with E-state index < -0.39 is 0 Å². The second kappa shape index (κ2) is 5.94. The van der Waals surface area contributed by atoms with Crippen molar-refractivity contribution >= 4 is 11.3 Å². The summed E-state index contributed by atoms with van der Waals surface area (Å²) in [7, 11) is 0. The van der Waals surface area contributed by atoms with Gasteiger partial charge in [0, 0.05) is 23.4 Å². The highest BCUT2D eigenvalue weighted by Crippen LogP contribution is 2.39. The van der Waals surface area contributed by atoms with Crippen molar-refractivity contribution < 1.29 is 0 Å². The van der Waals surface area contributed by atoms with E-state index in [0.717, 1.165) is 18.4 Å². The summed E-state index contributed by atoms with van der Waals surface area (Å²) < 4.78 is 0. The predicted octanol–water partition coefficient (Wildman–Crippen LogP) is 4.91. The molecule has 0 amide bonds. The highest BCUT2D eigenvalue weighted by molar-refractivity contribution is 7.10. The number of rotatable bonds is 5. The zero-order chi connectivity index (χ0) is 14.1. The molecule has 4 rings (SSSR count). The third kappa shape index (κ3) is 2.67. The second-order valence-electron chi connectivity index (χ2n) is 6.55. The minimum atomic E-state index is 0.584. The largest absolute Gasteiger partial charge is 0.308 e. The van der Waals surface area contributed by atoms with Crippen LogP contribution in [0, 0.1) is 5.92 Å². The average Bonchev–Trinajstić information content (AvgIpc) is 3.17. The van der Waals surface area contributed by atoms with Gasteiger partial charge in [-0.05, 0) is 47.8 Å². The SMILES string of the molecule is c1csc(C(NCC2Cc3ccccc32)C2CCCC2)c1. The molecular formula is C19H23NS. The lowest BCUT2D eigenvalue weighted by Gasteiger charge is -2.33. The summed E-state index contributed by atoms with van der Waals surface area (Å²) in [6.45, 7) is 1.14. The van der Waals surface area contributed by atoms with Crippen molar-refractivity contribution in [3.63, 3.8) is 0 Å². The Balaban J connectivity index is 1.44. The van der Waals surface area contributed by atoms with Crippen LogP contribution >= 0.6 is 11.3 Å². The van der Waals surface area contributed by atoms with E-state index in [1.807, 2.05) is 11.3 Å². The average molecular weight is 297 g/mol. The maximum atomic E-state index is 3.92. The monoisotopic (exact) mass is 297 g/mol. The van der Waals surface area contributed by atoms with Crippen molar-refractivity contribution in [1.82, 2.24) is 5.32 Å². The summed E-state index contributed by atoms with van der Waals surface area (Å²) in [5.41, 5.74) is 3.12. The summed E-state index contributed by atoms with van der Waals surface area (Å²) in [5.74, 6) is 1.57. The van der Waals surface area contributed by atoms with E-state index in [2.05, 4.69) is 47.1 Å². The fraction of sp³-hybridized carbons (Fsp3) is 0.474. The summed E-state index contributed by atoms with van der Waals surface area (Å²) in [4.78, 5) is 1.54. The van der Waals surface area contributed by atoms with E-state index in [0.29, 0.717) is 6.04 Å². The van der Waals surface area contributed by atoms with Gasteiger partial charge in [-0.25, -0.2) is 0 Å². The third-order valence-corrected chi connectivity index (χ3v) is 6.22. The third-order valence-electron chi connectivity index (χ3n) is 5.27. The molecule has 2 heteroatoms. The first-order valence-corrected chi connectivity index (χ1v) is 9.14. The Bertz CT molecular complexity index is 583. The van der Waals surface area contributed by atoms with Gasteiger partial charge in [-0.1, -0.05) is 43.2 Å². The number of benzene rings is 1. The smallest absolute Gasteiger partial charge is 0.0443 e. The van der Waals surface area contributed by atoms with Crippen molar-refractivity contribution in [2.45, 2.75) is 44.1 Å². The van der Waals surface area contributed by atoms with Crippen molar-refractivity contribution in [3.05, 3.63) is 57.8 Å². The van der Waals surface area contributed by atoms with Gasteiger partial charge in [0.2, 0.25) is 0 Å². The van der Waals surface area contributed by atoms with E-state index in [1.165, 1.54) is 37.0 Å². The van der Waals surface area contributed by atoms with Crippen LogP contribution in [-0.2, 0) is 6.42 Å². The van der Waals surface area contributed by atoms with Crippen molar-refractivity contribution in [2.75, 3.05) is 6.54 Å². The molecule has 1 heterocycles. The Kier molecular flexibility index (Phi) is 3.83. The van der Waals surface area contributed by atoms with E-state index in [9.17, 15) is 0 Å². The van der Waals surface area contributed by atoms with E-state index in [-0.39, 0.29) is 0 Å². The molecule has 0 aliphatic heterocycles. The van der Waals surface area contributed by atoms with Gasteiger partial charge in [-0.15, -0.1) is 11.3 Å². The van der Waals surface area contributed by atoms with Crippen LogP contribution in [0.25, 0.3) is 0 Å². The van der Waals surface area contributed by atoms with Crippen LogP contribution in [0.2, 0.25) is 0 Å². The van der Waals surface area contributed by atoms with E-state index >= 15 is 0 Å². The fourth-order valence-corrected chi connectivity index (χ4v) is 4.97. The van der Waals surface area contributed by atoms with Crippen LogP contribution < -0.4 is 5.32 Å². The zero-order valence-electron chi connectivity index (χ0n) is 12.4. The van der Waals surface area contributed by atoms with Crippen molar-refractivity contribution in [1.29, 1.82) is 0 Å². The van der Waals surface area contributed by atoms with Crippen LogP contribution in [0.4, 0.5) is 0 Å². The molecule has 0 saturated heterocycles. The molecule has 2 aliphatic rings. The van der Waals surface area contributed by atoms with Gasteiger partial charge < -0.3 is 5.32 Å². The number of hydrogen-bond donors (Lipinski definition) is 1. The molecule has 21 heavy (non-hydrogen) atoms. The molecule has 1 aromatic carbocycles. The first-order valence-electron chi connectivity index (χ1n) is 8.26. The van der Waals surface area contributed by atoms with Crippen molar-refractivity contribution in [2.24, 2.45) is 5.92 Å². The standard InChI is InChI=1S/C19H23NS/c1-2-7-14(6-1)19(18-10-5-11-21-18)20-13-16-12-15-8-3-4-9-17(15)16/h3-5,8-11,14,16,19-20H,1-2,6-7,12-13H2. The van der Waals surface area contributed by atoms with Gasteiger partial charge in [-0.3, -0.25) is 0 Å². The minimum Gasteiger partial charge on any atom is -0.308 e. The quantitative estimate of drug-likeness (QED) is 0.827. The van der Waals surface area contributed by atoms with Crippen LogP contribution in [0.3, 0.4) is 0 Å². The molecule has 2 atom stereocenters. The molecule has 1 fully saturated rings. The first kappa shape index (κ1) is 13.5. The lowest BCUT2D eigenvalue weighted by Crippen LogP contribution is -2.34. The van der Waals surface area contributed by atoms with Crippen LogP contribution in [0.15, 0.2) is 41.8 Å². The molecule has 0 bridgehead atoms. The Morgan fingerprint density at radius 2 is 1.95 bits per heavy atom. The highest BCUT2D eigenvalue weighted by atomic mass is 32.1. The molecule has 2 aliphatic carbocycles. The molecule has 0 spiro atoms. The normalized spacial score (nSPS) is 22.8. The second-order valence-corrected chi connectivity index (χ2v) is 7.53. The maximum absolute atomic E-state index is 3.92. The minimum absolute atomic E-state index is 0.584. The van der Waals surface area contributed by atoms with Crippen molar-refractivity contribution in [3.8, 4) is 0 Å². The van der Waals surface area contributed by atoms with Crippen LogP contribution in [-0.4, -0.2) is 6.54 Å². The van der Waals surface area contributed by atoms with Gasteiger partial charge in [0.15, 0.2) is 0 Å². The molecule has 2 aromatic rings. The predicted molar refractivity (Wildman–Crippen MR) is 89.9 cm³/mol. The summed E-state index contributed by atoms with van der Waals surface area (Å²) >= 11 is 1.92. The molecule has 1 saturated carbocycles. The molecule has 1 aromatic heterocycles. The number of thiophene rings is 1. The molecular weight excluding hydrogens is 274 g/mol. The van der Waals surface area contributed by atoms with Gasteiger partial charge in [0.25, 0.3) is 0 Å². The Morgan fingerprint density at radius 1 is 1.10 bits per heavy atom. The molecule has 110 valence electrons. The number of fused-ring (bicyclic) bond motifs is 1. The Morgan fingerprint density at radius 3 is 2.71 bits per heavy atom. The van der Waals surface area contributed by atoms with Gasteiger partial charge in [0.05, 0.1) is 0 Å². The van der Waals surface area contributed by atoms with Crippen LogP contribution in [0.1, 0.15) is 53.6 Å². The van der Waals surface area contributed by atoms with Gasteiger partial charge >= 0.3 is 0 Å². The van der Waals surface area contributed by atoms with Gasteiger partial charge in [0.1, 0.15) is 0 Å². The Hall–Kier alpha value is -1.12. The maximum Gasteiger partial charge on any atom is 0.0443 e. The first-order chi connectivity index (χ1) is 10.4. The molecule has 1 nitrogen and oxygen atoms in total. The summed E-state index contributed by atoms with van der Waals surface area (Å²) in [6, 6.07) is 14.0. The lowest BCUT2D eigenvalue weighted by molar-refractivity contribution is 0.356. The van der Waals surface area contributed by atoms with E-state index in [1.54, 1.807) is 11.1 Å². The number of hydrogen-bond acceptors (Lipinski definition) is 2. The fourth-order valence-electron chi connectivity index (χ4n) is 4.07.